The number of hydrogen-bond acceptors (Lipinski definition) is 4. The van der Waals surface area contributed by atoms with Gasteiger partial charge in [-0.25, -0.2) is 13.2 Å². The van der Waals surface area contributed by atoms with Crippen molar-refractivity contribution in [2.45, 2.75) is 30.8 Å². The van der Waals surface area contributed by atoms with Crippen LogP contribution in [0.4, 0.5) is 0 Å². The van der Waals surface area contributed by atoms with Crippen LogP contribution in [-0.2, 0) is 24.1 Å². The molecule has 0 spiro atoms. The zero-order valence-corrected chi connectivity index (χ0v) is 15.8. The maximum atomic E-state index is 13.0. The average Bonchev–Trinajstić information content (AvgIpc) is 2.74. The van der Waals surface area contributed by atoms with Gasteiger partial charge in [-0.2, -0.15) is 4.31 Å². The summed E-state index contributed by atoms with van der Waals surface area (Å²) in [7, 11) is -0.258. The predicted molar refractivity (Wildman–Crippen MR) is 96.2 cm³/mol. The standard InChI is InChI=1S/C15H22N4O3S.ClH/c1-10-11(2)19(8-7-16-10)23(21,22)12-5-6-13-14(9-12)18(4)15(20)17(13)3;/h5-6,9-11,16H,7-8H2,1-4H3;1H. The lowest BCUT2D eigenvalue weighted by molar-refractivity contribution is 0.233. The predicted octanol–water partition coefficient (Wildman–Crippen LogP) is 0.670. The van der Waals surface area contributed by atoms with E-state index in [1.54, 1.807) is 32.3 Å². The Morgan fingerprint density at radius 1 is 1.12 bits per heavy atom. The third-order valence-electron chi connectivity index (χ3n) is 4.83. The van der Waals surface area contributed by atoms with Gasteiger partial charge in [-0.1, -0.05) is 0 Å². The molecule has 1 fully saturated rings. The van der Waals surface area contributed by atoms with Crippen LogP contribution in [0.3, 0.4) is 0 Å². The molecule has 1 saturated heterocycles. The van der Waals surface area contributed by atoms with Gasteiger partial charge in [0.1, 0.15) is 0 Å². The molecule has 0 radical (unpaired) electrons. The molecule has 0 bridgehead atoms. The summed E-state index contributed by atoms with van der Waals surface area (Å²) in [6, 6.07) is 4.84. The number of fused-ring (bicyclic) bond motifs is 1. The lowest BCUT2D eigenvalue weighted by atomic mass is 10.1. The highest BCUT2D eigenvalue weighted by Gasteiger charge is 2.34. The number of piperazine rings is 1. The molecule has 3 rings (SSSR count). The van der Waals surface area contributed by atoms with Gasteiger partial charge in [-0.15, -0.1) is 12.4 Å². The molecule has 134 valence electrons. The zero-order valence-electron chi connectivity index (χ0n) is 14.2. The molecule has 0 aliphatic carbocycles. The first kappa shape index (κ1) is 19.0. The van der Waals surface area contributed by atoms with Gasteiger partial charge in [0.25, 0.3) is 0 Å². The van der Waals surface area contributed by atoms with Crippen LogP contribution in [0.15, 0.2) is 27.9 Å². The SMILES string of the molecule is CC1NCCN(S(=O)(=O)c2ccc3c(c2)n(C)c(=O)n3C)C1C.Cl. The summed E-state index contributed by atoms with van der Waals surface area (Å²) in [6.07, 6.45) is 0. The molecular weight excluding hydrogens is 352 g/mol. The van der Waals surface area contributed by atoms with Crippen molar-refractivity contribution in [3.05, 3.63) is 28.7 Å². The Morgan fingerprint density at radius 2 is 1.75 bits per heavy atom. The van der Waals surface area contributed by atoms with Gasteiger partial charge in [0.2, 0.25) is 10.0 Å². The van der Waals surface area contributed by atoms with Crippen LogP contribution < -0.4 is 11.0 Å². The molecular formula is C15H23ClN4O3S. The van der Waals surface area contributed by atoms with Crippen molar-refractivity contribution in [2.75, 3.05) is 13.1 Å². The van der Waals surface area contributed by atoms with Gasteiger partial charge in [0, 0.05) is 39.3 Å². The van der Waals surface area contributed by atoms with Crippen LogP contribution in [0.25, 0.3) is 11.0 Å². The van der Waals surface area contributed by atoms with Gasteiger partial charge in [-0.05, 0) is 32.0 Å². The van der Waals surface area contributed by atoms with Crippen LogP contribution in [0.1, 0.15) is 13.8 Å². The summed E-state index contributed by atoms with van der Waals surface area (Å²) < 4.78 is 30.5. The maximum Gasteiger partial charge on any atom is 0.328 e. The van der Waals surface area contributed by atoms with E-state index in [2.05, 4.69) is 5.32 Å². The molecule has 24 heavy (non-hydrogen) atoms. The monoisotopic (exact) mass is 374 g/mol. The zero-order chi connectivity index (χ0) is 16.9. The van der Waals surface area contributed by atoms with E-state index in [4.69, 9.17) is 0 Å². The molecule has 0 amide bonds. The Kier molecular flexibility index (Phi) is 5.15. The van der Waals surface area contributed by atoms with Crippen molar-refractivity contribution in [1.29, 1.82) is 0 Å². The molecule has 1 aliphatic heterocycles. The highest BCUT2D eigenvalue weighted by Crippen LogP contribution is 2.24. The highest BCUT2D eigenvalue weighted by molar-refractivity contribution is 7.89. The fraction of sp³-hybridized carbons (Fsp3) is 0.533. The van der Waals surface area contributed by atoms with E-state index in [0.29, 0.717) is 18.6 Å². The van der Waals surface area contributed by atoms with Crippen molar-refractivity contribution in [1.82, 2.24) is 18.8 Å². The second-order valence-corrected chi connectivity index (χ2v) is 8.04. The van der Waals surface area contributed by atoms with Crippen LogP contribution in [-0.4, -0.2) is 47.0 Å². The fourth-order valence-electron chi connectivity index (χ4n) is 3.15. The summed E-state index contributed by atoms with van der Waals surface area (Å²) >= 11 is 0. The number of nitrogens with one attached hydrogen (secondary N) is 1. The van der Waals surface area contributed by atoms with Gasteiger partial charge in [-0.3, -0.25) is 9.13 Å². The number of hydrogen-bond donors (Lipinski definition) is 1. The Morgan fingerprint density at radius 3 is 2.42 bits per heavy atom. The Bertz CT molecular complexity index is 919. The van der Waals surface area contributed by atoms with E-state index >= 15 is 0 Å². The Hall–Kier alpha value is -1.35. The van der Waals surface area contributed by atoms with Crippen LogP contribution >= 0.6 is 12.4 Å². The smallest absolute Gasteiger partial charge is 0.311 e. The van der Waals surface area contributed by atoms with Crippen molar-refractivity contribution in [2.24, 2.45) is 14.1 Å². The molecule has 2 atom stereocenters. The average molecular weight is 375 g/mol. The Balaban J connectivity index is 0.00000208. The van der Waals surface area contributed by atoms with E-state index < -0.39 is 10.0 Å². The van der Waals surface area contributed by atoms with E-state index in [1.807, 2.05) is 13.8 Å². The van der Waals surface area contributed by atoms with Gasteiger partial charge in [0.15, 0.2) is 0 Å². The number of rotatable bonds is 2. The number of halogens is 1. The van der Waals surface area contributed by atoms with Crippen molar-refractivity contribution >= 4 is 33.5 Å². The largest absolute Gasteiger partial charge is 0.328 e. The molecule has 2 aromatic rings. The first-order valence-corrected chi connectivity index (χ1v) is 9.10. The minimum atomic E-state index is -3.59. The van der Waals surface area contributed by atoms with E-state index in [-0.39, 0.29) is 35.1 Å². The summed E-state index contributed by atoms with van der Waals surface area (Å²) in [5.41, 5.74) is 1.17. The molecule has 2 heterocycles. The van der Waals surface area contributed by atoms with E-state index in [9.17, 15) is 13.2 Å². The third kappa shape index (κ3) is 2.77. The number of nitrogens with zero attached hydrogens (tertiary/aromatic N) is 3. The molecule has 7 nitrogen and oxygen atoms in total. The lowest BCUT2D eigenvalue weighted by Crippen LogP contribution is -2.57. The quantitative estimate of drug-likeness (QED) is 0.838. The lowest BCUT2D eigenvalue weighted by Gasteiger charge is -2.37. The molecule has 1 aliphatic rings. The van der Waals surface area contributed by atoms with Crippen LogP contribution in [0.2, 0.25) is 0 Å². The molecule has 1 aromatic carbocycles. The molecule has 1 N–H and O–H groups in total. The number of sulfonamides is 1. The maximum absolute atomic E-state index is 13.0. The second-order valence-electron chi connectivity index (χ2n) is 6.15. The minimum Gasteiger partial charge on any atom is -0.311 e. The van der Waals surface area contributed by atoms with Gasteiger partial charge < -0.3 is 5.32 Å². The summed E-state index contributed by atoms with van der Waals surface area (Å²) in [5, 5.41) is 3.28. The second kappa shape index (κ2) is 6.51. The van der Waals surface area contributed by atoms with Gasteiger partial charge >= 0.3 is 5.69 Å². The summed E-state index contributed by atoms with van der Waals surface area (Å²) in [4.78, 5) is 12.2. The van der Waals surface area contributed by atoms with Crippen LogP contribution in [0.5, 0.6) is 0 Å². The Labute approximate surface area is 147 Å². The third-order valence-corrected chi connectivity index (χ3v) is 6.81. The fourth-order valence-corrected chi connectivity index (χ4v) is 4.87. The number of aryl methyl sites for hydroxylation is 2. The van der Waals surface area contributed by atoms with Crippen LogP contribution in [0, 0.1) is 0 Å². The first-order chi connectivity index (χ1) is 10.7. The number of imidazole rings is 1. The highest BCUT2D eigenvalue weighted by atomic mass is 35.5. The van der Waals surface area contributed by atoms with Crippen molar-refractivity contribution in [3.8, 4) is 0 Å². The molecule has 2 unspecified atom stereocenters. The topological polar surface area (TPSA) is 76.3 Å². The molecule has 9 heteroatoms. The van der Waals surface area contributed by atoms with Crippen molar-refractivity contribution < 1.29 is 8.42 Å². The first-order valence-electron chi connectivity index (χ1n) is 7.66. The summed E-state index contributed by atoms with van der Waals surface area (Å²) in [5.74, 6) is 0. The van der Waals surface area contributed by atoms with Crippen molar-refractivity contribution in [3.63, 3.8) is 0 Å². The molecule has 1 aromatic heterocycles. The minimum absolute atomic E-state index is 0. The number of aromatic nitrogens is 2. The molecule has 0 saturated carbocycles. The summed E-state index contributed by atoms with van der Waals surface area (Å²) in [6.45, 7) is 4.97. The normalized spacial score (nSPS) is 22.5. The van der Waals surface area contributed by atoms with E-state index in [1.165, 1.54) is 13.4 Å². The number of benzene rings is 1. The van der Waals surface area contributed by atoms with Gasteiger partial charge in [0.05, 0.1) is 15.9 Å². The van der Waals surface area contributed by atoms with E-state index in [0.717, 1.165) is 5.52 Å².